The number of anilines is 2. The van der Waals surface area contributed by atoms with E-state index in [2.05, 4.69) is 31.2 Å². The maximum Gasteiger partial charge on any atom is 0.273 e. The topological polar surface area (TPSA) is 83.8 Å². The third-order valence-electron chi connectivity index (χ3n) is 2.63. The van der Waals surface area contributed by atoms with E-state index in [0.717, 1.165) is 14.7 Å². The second-order valence-corrected chi connectivity index (χ2v) is 6.33. The summed E-state index contributed by atoms with van der Waals surface area (Å²) in [4.78, 5) is 19.1. The van der Waals surface area contributed by atoms with Gasteiger partial charge in [-0.25, -0.2) is 4.98 Å². The zero-order valence-electron chi connectivity index (χ0n) is 9.61. The van der Waals surface area contributed by atoms with Gasteiger partial charge in [-0.15, -0.1) is 0 Å². The van der Waals surface area contributed by atoms with Gasteiger partial charge in [0.1, 0.15) is 5.69 Å². The number of rotatable bonds is 2. The number of carbonyl (C=O) groups is 1. The summed E-state index contributed by atoms with van der Waals surface area (Å²) in [5, 5.41) is 4.18. The van der Waals surface area contributed by atoms with Gasteiger partial charge >= 0.3 is 0 Å². The fraction of sp³-hybridized carbons (Fsp3) is 0. The van der Waals surface area contributed by atoms with Crippen LogP contribution in [-0.4, -0.2) is 15.9 Å². The predicted molar refractivity (Wildman–Crippen MR) is 80.5 cm³/mol. The lowest BCUT2D eigenvalue weighted by atomic mass is 10.2. The summed E-state index contributed by atoms with van der Waals surface area (Å²) in [5.74, 6) is -0.238. The van der Waals surface area contributed by atoms with Crippen molar-refractivity contribution in [2.45, 2.75) is 0 Å². The molecule has 1 aromatic carbocycles. The molecule has 1 amide bonds. The average Bonchev–Trinajstić information content (AvgIpc) is 2.96. The molecule has 7 heteroatoms. The summed E-state index contributed by atoms with van der Waals surface area (Å²) >= 11 is 4.65. The van der Waals surface area contributed by atoms with E-state index in [9.17, 15) is 4.79 Å². The number of thiazole rings is 1. The molecule has 0 aliphatic rings. The van der Waals surface area contributed by atoms with E-state index in [1.807, 2.05) is 12.1 Å². The Hall–Kier alpha value is -1.86. The monoisotopic (exact) mass is 336 g/mol. The SMILES string of the molecule is Nc1cccc2cc(C(=O)Nc3ncc(Br)s3)[nH]c12. The van der Waals surface area contributed by atoms with Gasteiger partial charge in [0.05, 0.1) is 21.2 Å². The van der Waals surface area contributed by atoms with Gasteiger partial charge in [0.15, 0.2) is 5.13 Å². The molecule has 0 spiro atoms. The summed E-state index contributed by atoms with van der Waals surface area (Å²) in [6, 6.07) is 7.31. The smallest absolute Gasteiger partial charge is 0.273 e. The fourth-order valence-corrected chi connectivity index (χ4v) is 2.88. The first kappa shape index (κ1) is 12.2. The molecule has 5 nitrogen and oxygen atoms in total. The van der Waals surface area contributed by atoms with E-state index in [4.69, 9.17) is 5.73 Å². The number of amides is 1. The number of nitrogens with one attached hydrogen (secondary N) is 2. The number of carbonyl (C=O) groups excluding carboxylic acids is 1. The largest absolute Gasteiger partial charge is 0.397 e. The number of H-pyrrole nitrogens is 1. The molecule has 0 saturated carbocycles. The molecular weight excluding hydrogens is 328 g/mol. The van der Waals surface area contributed by atoms with Gasteiger partial charge in [0.25, 0.3) is 5.91 Å². The Labute approximate surface area is 121 Å². The van der Waals surface area contributed by atoms with Gasteiger partial charge in [-0.05, 0) is 28.1 Å². The van der Waals surface area contributed by atoms with Crippen LogP contribution in [0.3, 0.4) is 0 Å². The number of nitrogen functional groups attached to an aromatic ring is 1. The number of aromatic amines is 1. The molecule has 0 aliphatic carbocycles. The number of para-hydroxylation sites is 1. The zero-order chi connectivity index (χ0) is 13.4. The first-order chi connectivity index (χ1) is 9.13. The molecular formula is C12H9BrN4OS. The average molecular weight is 337 g/mol. The van der Waals surface area contributed by atoms with Crippen molar-refractivity contribution in [3.05, 3.63) is 39.9 Å². The minimum atomic E-state index is -0.238. The van der Waals surface area contributed by atoms with Crippen LogP contribution in [0.1, 0.15) is 10.5 Å². The predicted octanol–water partition coefficient (Wildman–Crippen LogP) is 3.22. The molecule has 3 aromatic rings. The standard InChI is InChI=1S/C12H9BrN4OS/c13-9-5-15-12(19-9)17-11(18)8-4-6-2-1-3-7(14)10(6)16-8/h1-5,16H,14H2,(H,15,17,18). The van der Waals surface area contributed by atoms with Crippen molar-refractivity contribution in [2.75, 3.05) is 11.1 Å². The van der Waals surface area contributed by atoms with Crippen molar-refractivity contribution in [3.63, 3.8) is 0 Å². The molecule has 0 aliphatic heterocycles. The van der Waals surface area contributed by atoms with E-state index in [-0.39, 0.29) is 5.91 Å². The van der Waals surface area contributed by atoms with E-state index < -0.39 is 0 Å². The van der Waals surface area contributed by atoms with Crippen molar-refractivity contribution in [1.82, 2.24) is 9.97 Å². The van der Waals surface area contributed by atoms with Crippen LogP contribution in [0.4, 0.5) is 10.8 Å². The summed E-state index contributed by atoms with van der Waals surface area (Å²) in [7, 11) is 0. The maximum absolute atomic E-state index is 12.1. The lowest BCUT2D eigenvalue weighted by Gasteiger charge is -1.98. The first-order valence-corrected chi connectivity index (χ1v) is 7.04. The van der Waals surface area contributed by atoms with Crippen molar-refractivity contribution in [1.29, 1.82) is 0 Å². The molecule has 2 aromatic heterocycles. The number of halogens is 1. The summed E-state index contributed by atoms with van der Waals surface area (Å²) in [6.07, 6.45) is 1.64. The van der Waals surface area contributed by atoms with E-state index in [1.165, 1.54) is 11.3 Å². The number of fused-ring (bicyclic) bond motifs is 1. The Bertz CT molecular complexity index is 764. The van der Waals surface area contributed by atoms with Crippen molar-refractivity contribution >= 4 is 54.9 Å². The maximum atomic E-state index is 12.1. The van der Waals surface area contributed by atoms with Crippen LogP contribution in [0.15, 0.2) is 34.2 Å². The van der Waals surface area contributed by atoms with Crippen molar-refractivity contribution in [3.8, 4) is 0 Å². The highest BCUT2D eigenvalue weighted by Crippen LogP contribution is 2.25. The van der Waals surface area contributed by atoms with Crippen molar-refractivity contribution in [2.24, 2.45) is 0 Å². The molecule has 0 saturated heterocycles. The molecule has 0 radical (unpaired) electrons. The van der Waals surface area contributed by atoms with E-state index in [1.54, 1.807) is 18.3 Å². The molecule has 4 N–H and O–H groups in total. The molecule has 19 heavy (non-hydrogen) atoms. The molecule has 0 atom stereocenters. The third kappa shape index (κ3) is 2.34. The first-order valence-electron chi connectivity index (χ1n) is 5.43. The number of aromatic nitrogens is 2. The normalized spacial score (nSPS) is 10.8. The number of benzene rings is 1. The van der Waals surface area contributed by atoms with Crippen LogP contribution < -0.4 is 11.1 Å². The Morgan fingerprint density at radius 1 is 1.47 bits per heavy atom. The van der Waals surface area contributed by atoms with Gasteiger partial charge in [-0.2, -0.15) is 0 Å². The van der Waals surface area contributed by atoms with Crippen molar-refractivity contribution < 1.29 is 4.79 Å². The lowest BCUT2D eigenvalue weighted by molar-refractivity contribution is 0.102. The van der Waals surface area contributed by atoms with Crippen LogP contribution in [0, 0.1) is 0 Å². The number of hydrogen-bond acceptors (Lipinski definition) is 4. The van der Waals surface area contributed by atoms with Crippen LogP contribution in [0.2, 0.25) is 0 Å². The number of nitrogens with two attached hydrogens (primary N) is 1. The zero-order valence-corrected chi connectivity index (χ0v) is 12.0. The van der Waals surface area contributed by atoms with Crippen LogP contribution in [0.25, 0.3) is 10.9 Å². The second-order valence-electron chi connectivity index (χ2n) is 3.92. The highest BCUT2D eigenvalue weighted by atomic mass is 79.9. The highest BCUT2D eigenvalue weighted by molar-refractivity contribution is 9.11. The minimum Gasteiger partial charge on any atom is -0.397 e. The Balaban J connectivity index is 1.91. The van der Waals surface area contributed by atoms with Crippen LogP contribution >= 0.6 is 27.3 Å². The Morgan fingerprint density at radius 2 is 2.32 bits per heavy atom. The van der Waals surface area contributed by atoms with Gasteiger partial charge in [-0.3, -0.25) is 10.1 Å². The molecule has 96 valence electrons. The Kier molecular flexibility index (Phi) is 3.00. The minimum absolute atomic E-state index is 0.238. The molecule has 0 unspecified atom stereocenters. The number of hydrogen-bond donors (Lipinski definition) is 3. The lowest BCUT2D eigenvalue weighted by Crippen LogP contribution is -2.11. The number of nitrogens with zero attached hydrogens (tertiary/aromatic N) is 1. The van der Waals surface area contributed by atoms with Crippen LogP contribution in [-0.2, 0) is 0 Å². The van der Waals surface area contributed by atoms with Crippen LogP contribution in [0.5, 0.6) is 0 Å². The third-order valence-corrected chi connectivity index (χ3v) is 4.02. The van der Waals surface area contributed by atoms with Gasteiger partial charge in [-0.1, -0.05) is 23.5 Å². The van der Waals surface area contributed by atoms with Gasteiger partial charge in [0, 0.05) is 5.39 Å². The fourth-order valence-electron chi connectivity index (χ4n) is 1.78. The second kappa shape index (κ2) is 4.67. The molecule has 2 heterocycles. The van der Waals surface area contributed by atoms with E-state index in [0.29, 0.717) is 16.5 Å². The molecule has 0 bridgehead atoms. The Morgan fingerprint density at radius 3 is 3.00 bits per heavy atom. The summed E-state index contributed by atoms with van der Waals surface area (Å²) in [5.41, 5.74) is 7.69. The quantitative estimate of drug-likeness (QED) is 0.628. The summed E-state index contributed by atoms with van der Waals surface area (Å²) < 4.78 is 0.865. The molecule has 3 rings (SSSR count). The van der Waals surface area contributed by atoms with E-state index >= 15 is 0 Å². The summed E-state index contributed by atoms with van der Waals surface area (Å²) in [6.45, 7) is 0. The van der Waals surface area contributed by atoms with Gasteiger partial charge in [0.2, 0.25) is 0 Å². The molecule has 0 fully saturated rings. The van der Waals surface area contributed by atoms with Gasteiger partial charge < -0.3 is 10.7 Å². The highest BCUT2D eigenvalue weighted by Gasteiger charge is 2.12.